The third-order valence-electron chi connectivity index (χ3n) is 3.05. The molecule has 2 rings (SSSR count). The second-order valence-electron chi connectivity index (χ2n) is 4.46. The maximum Gasteiger partial charge on any atom is 0.251 e. The van der Waals surface area contributed by atoms with Gasteiger partial charge in [-0.2, -0.15) is 0 Å². The van der Waals surface area contributed by atoms with Crippen molar-refractivity contribution in [3.63, 3.8) is 0 Å². The molecule has 1 fully saturated rings. The lowest BCUT2D eigenvalue weighted by Crippen LogP contribution is -2.34. The SMILES string of the molecule is C[C@@H](NC(=O)c1ccn(C)c(=O)c1)C1CC1. The number of rotatable bonds is 3. The van der Waals surface area contributed by atoms with Crippen molar-refractivity contribution >= 4 is 5.91 Å². The van der Waals surface area contributed by atoms with E-state index in [9.17, 15) is 9.59 Å². The molecular formula is C12H16N2O2. The van der Waals surface area contributed by atoms with Crippen molar-refractivity contribution in [1.82, 2.24) is 9.88 Å². The Labute approximate surface area is 94.3 Å². The molecular weight excluding hydrogens is 204 g/mol. The third-order valence-corrected chi connectivity index (χ3v) is 3.05. The zero-order valence-electron chi connectivity index (χ0n) is 9.56. The second kappa shape index (κ2) is 4.12. The zero-order chi connectivity index (χ0) is 11.7. The summed E-state index contributed by atoms with van der Waals surface area (Å²) in [5, 5.41) is 2.92. The van der Waals surface area contributed by atoms with Gasteiger partial charge in [0.2, 0.25) is 0 Å². The van der Waals surface area contributed by atoms with Gasteiger partial charge in [-0.05, 0) is 31.7 Å². The van der Waals surface area contributed by atoms with Gasteiger partial charge in [0, 0.05) is 30.9 Å². The fourth-order valence-electron chi connectivity index (χ4n) is 1.69. The van der Waals surface area contributed by atoms with E-state index < -0.39 is 0 Å². The van der Waals surface area contributed by atoms with Gasteiger partial charge < -0.3 is 9.88 Å². The van der Waals surface area contributed by atoms with Crippen LogP contribution < -0.4 is 10.9 Å². The Morgan fingerprint density at radius 3 is 2.81 bits per heavy atom. The lowest BCUT2D eigenvalue weighted by atomic mass is 10.2. The standard InChI is InChI=1S/C12H16N2O2/c1-8(9-3-4-9)13-12(16)10-5-6-14(2)11(15)7-10/h5-9H,3-4H2,1-2H3,(H,13,16)/t8-/m1/s1. The van der Waals surface area contributed by atoms with E-state index in [1.807, 2.05) is 6.92 Å². The first-order valence-corrected chi connectivity index (χ1v) is 5.55. The highest BCUT2D eigenvalue weighted by Crippen LogP contribution is 2.32. The van der Waals surface area contributed by atoms with Crippen LogP contribution in [0.5, 0.6) is 0 Å². The maximum atomic E-state index is 11.8. The van der Waals surface area contributed by atoms with Crippen LogP contribution >= 0.6 is 0 Å². The molecule has 1 saturated carbocycles. The molecule has 1 atom stereocenters. The minimum atomic E-state index is -0.160. The van der Waals surface area contributed by atoms with Gasteiger partial charge in [-0.15, -0.1) is 0 Å². The van der Waals surface area contributed by atoms with Crippen molar-refractivity contribution in [3.8, 4) is 0 Å². The second-order valence-corrected chi connectivity index (χ2v) is 4.46. The van der Waals surface area contributed by atoms with Gasteiger partial charge in [0.05, 0.1) is 0 Å². The summed E-state index contributed by atoms with van der Waals surface area (Å²) >= 11 is 0. The normalized spacial score (nSPS) is 16.9. The van der Waals surface area contributed by atoms with E-state index in [1.54, 1.807) is 19.3 Å². The van der Waals surface area contributed by atoms with Crippen LogP contribution in [0, 0.1) is 5.92 Å². The largest absolute Gasteiger partial charge is 0.349 e. The van der Waals surface area contributed by atoms with Gasteiger partial charge in [-0.3, -0.25) is 9.59 Å². The fraction of sp³-hybridized carbons (Fsp3) is 0.500. The summed E-state index contributed by atoms with van der Waals surface area (Å²) < 4.78 is 1.45. The van der Waals surface area contributed by atoms with Crippen LogP contribution in [0.4, 0.5) is 0 Å². The number of aromatic nitrogens is 1. The van der Waals surface area contributed by atoms with Crippen LogP contribution in [0.1, 0.15) is 30.1 Å². The van der Waals surface area contributed by atoms with Crippen LogP contribution in [0.3, 0.4) is 0 Å². The smallest absolute Gasteiger partial charge is 0.251 e. The summed E-state index contributed by atoms with van der Waals surface area (Å²) in [6.07, 6.45) is 4.00. The average Bonchev–Trinajstić information content (AvgIpc) is 3.05. The minimum Gasteiger partial charge on any atom is -0.349 e. The summed E-state index contributed by atoms with van der Waals surface area (Å²) in [4.78, 5) is 23.2. The third kappa shape index (κ3) is 2.32. The fourth-order valence-corrected chi connectivity index (χ4v) is 1.69. The van der Waals surface area contributed by atoms with E-state index in [4.69, 9.17) is 0 Å². The van der Waals surface area contributed by atoms with E-state index in [1.165, 1.54) is 23.5 Å². The highest BCUT2D eigenvalue weighted by atomic mass is 16.2. The van der Waals surface area contributed by atoms with E-state index in [0.29, 0.717) is 11.5 Å². The van der Waals surface area contributed by atoms with Gasteiger partial charge in [0.15, 0.2) is 0 Å². The first-order valence-electron chi connectivity index (χ1n) is 5.55. The van der Waals surface area contributed by atoms with Gasteiger partial charge in [-0.25, -0.2) is 0 Å². The number of carbonyl (C=O) groups excluding carboxylic acids is 1. The first kappa shape index (κ1) is 10.9. The predicted molar refractivity (Wildman–Crippen MR) is 61.3 cm³/mol. The molecule has 1 aromatic rings. The Kier molecular flexibility index (Phi) is 2.81. The van der Waals surface area contributed by atoms with Crippen molar-refractivity contribution < 1.29 is 4.79 Å². The number of nitrogens with one attached hydrogen (secondary N) is 1. The topological polar surface area (TPSA) is 51.1 Å². The molecule has 1 aliphatic carbocycles. The number of nitrogens with zero attached hydrogens (tertiary/aromatic N) is 1. The van der Waals surface area contributed by atoms with Crippen LogP contribution in [-0.2, 0) is 7.05 Å². The molecule has 0 saturated heterocycles. The molecule has 4 heteroatoms. The van der Waals surface area contributed by atoms with Crippen molar-refractivity contribution in [1.29, 1.82) is 0 Å². The van der Waals surface area contributed by atoms with E-state index in [-0.39, 0.29) is 17.5 Å². The summed E-state index contributed by atoms with van der Waals surface area (Å²) in [6.45, 7) is 2.01. The van der Waals surface area contributed by atoms with E-state index in [2.05, 4.69) is 5.32 Å². The van der Waals surface area contributed by atoms with Crippen LogP contribution in [-0.4, -0.2) is 16.5 Å². The Bertz CT molecular complexity index is 460. The average molecular weight is 220 g/mol. The van der Waals surface area contributed by atoms with Crippen molar-refractivity contribution in [2.24, 2.45) is 13.0 Å². The van der Waals surface area contributed by atoms with Gasteiger partial charge in [0.1, 0.15) is 0 Å². The van der Waals surface area contributed by atoms with Crippen LogP contribution in [0.15, 0.2) is 23.1 Å². The number of hydrogen-bond acceptors (Lipinski definition) is 2. The number of carbonyl (C=O) groups is 1. The molecule has 4 nitrogen and oxygen atoms in total. The minimum absolute atomic E-state index is 0.155. The molecule has 0 aromatic carbocycles. The Balaban J connectivity index is 2.08. The number of amides is 1. The van der Waals surface area contributed by atoms with Gasteiger partial charge >= 0.3 is 0 Å². The molecule has 16 heavy (non-hydrogen) atoms. The van der Waals surface area contributed by atoms with Gasteiger partial charge in [-0.1, -0.05) is 0 Å². The van der Waals surface area contributed by atoms with Crippen LogP contribution in [0.2, 0.25) is 0 Å². The van der Waals surface area contributed by atoms with Crippen molar-refractivity contribution in [3.05, 3.63) is 34.2 Å². The summed E-state index contributed by atoms with van der Waals surface area (Å²) in [6, 6.07) is 3.24. The highest BCUT2D eigenvalue weighted by Gasteiger charge is 2.29. The van der Waals surface area contributed by atoms with Crippen molar-refractivity contribution in [2.45, 2.75) is 25.8 Å². The molecule has 1 aliphatic rings. The molecule has 0 radical (unpaired) electrons. The molecule has 1 N–H and O–H groups in total. The molecule has 1 amide bonds. The lowest BCUT2D eigenvalue weighted by Gasteiger charge is -2.12. The Morgan fingerprint density at radius 2 is 2.25 bits per heavy atom. The lowest BCUT2D eigenvalue weighted by molar-refractivity contribution is 0.0935. The zero-order valence-corrected chi connectivity index (χ0v) is 9.56. The predicted octanol–water partition coefficient (Wildman–Crippen LogP) is 0.914. The molecule has 0 aliphatic heterocycles. The van der Waals surface area contributed by atoms with Crippen LogP contribution in [0.25, 0.3) is 0 Å². The summed E-state index contributed by atoms with van der Waals surface area (Å²) in [5.74, 6) is 0.465. The van der Waals surface area contributed by atoms with Crippen molar-refractivity contribution in [2.75, 3.05) is 0 Å². The quantitative estimate of drug-likeness (QED) is 0.823. The number of pyridine rings is 1. The molecule has 0 spiro atoms. The van der Waals surface area contributed by atoms with E-state index in [0.717, 1.165) is 0 Å². The summed E-state index contributed by atoms with van der Waals surface area (Å²) in [7, 11) is 1.66. The maximum absolute atomic E-state index is 11.8. The molecule has 1 aromatic heterocycles. The Morgan fingerprint density at radius 1 is 1.56 bits per heavy atom. The van der Waals surface area contributed by atoms with E-state index >= 15 is 0 Å². The highest BCUT2D eigenvalue weighted by molar-refractivity contribution is 5.94. The Hall–Kier alpha value is -1.58. The molecule has 1 heterocycles. The molecule has 86 valence electrons. The number of hydrogen-bond donors (Lipinski definition) is 1. The van der Waals surface area contributed by atoms with Gasteiger partial charge in [0.25, 0.3) is 11.5 Å². The first-order chi connectivity index (χ1) is 7.58. The summed E-state index contributed by atoms with van der Waals surface area (Å²) in [5.41, 5.74) is 0.280. The molecule has 0 bridgehead atoms. The molecule has 0 unspecified atom stereocenters. The monoisotopic (exact) mass is 220 g/mol. The number of aryl methyl sites for hydroxylation is 1.